The van der Waals surface area contributed by atoms with Gasteiger partial charge in [-0.05, 0) is 13.0 Å². The van der Waals surface area contributed by atoms with Gasteiger partial charge in [-0.1, -0.05) is 59.8 Å². The van der Waals surface area contributed by atoms with Crippen molar-refractivity contribution < 1.29 is 0 Å². The van der Waals surface area contributed by atoms with Crippen molar-refractivity contribution in [2.45, 2.75) is 17.8 Å². The second-order valence-electron chi connectivity index (χ2n) is 6.81. The smallest absolute Gasteiger partial charge is 0.191 e. The first-order chi connectivity index (χ1) is 14.2. The van der Waals surface area contributed by atoms with Crippen LogP contribution in [0, 0.1) is 6.92 Å². The van der Waals surface area contributed by atoms with Gasteiger partial charge >= 0.3 is 0 Å². The van der Waals surface area contributed by atoms with E-state index in [0.29, 0.717) is 0 Å². The van der Waals surface area contributed by atoms with Crippen LogP contribution in [0.3, 0.4) is 0 Å². The number of thiophene rings is 1. The van der Waals surface area contributed by atoms with Crippen LogP contribution in [0.25, 0.3) is 32.0 Å². The SMILES string of the molecule is Cc1ccc(-c2nc(CSc3nnc(-c4csc5ccccc45)n3C)cs2)cc1. The highest BCUT2D eigenvalue weighted by molar-refractivity contribution is 7.98. The number of nitrogens with zero attached hydrogens (tertiary/aromatic N) is 4. The second kappa shape index (κ2) is 7.74. The number of fused-ring (bicyclic) bond motifs is 1. The van der Waals surface area contributed by atoms with Gasteiger partial charge in [-0.3, -0.25) is 0 Å². The predicted molar refractivity (Wildman–Crippen MR) is 124 cm³/mol. The van der Waals surface area contributed by atoms with E-state index in [1.807, 2.05) is 7.05 Å². The molecule has 3 aromatic heterocycles. The van der Waals surface area contributed by atoms with E-state index in [1.54, 1.807) is 34.4 Å². The lowest BCUT2D eigenvalue weighted by Crippen LogP contribution is -1.94. The maximum absolute atomic E-state index is 4.79. The van der Waals surface area contributed by atoms with Gasteiger partial charge in [-0.15, -0.1) is 32.9 Å². The van der Waals surface area contributed by atoms with Gasteiger partial charge in [0.1, 0.15) is 5.01 Å². The number of benzene rings is 2. The molecule has 0 fully saturated rings. The van der Waals surface area contributed by atoms with Crippen molar-refractivity contribution in [2.24, 2.45) is 7.05 Å². The van der Waals surface area contributed by atoms with Crippen molar-refractivity contribution in [3.05, 3.63) is 70.5 Å². The van der Waals surface area contributed by atoms with Crippen LogP contribution in [-0.4, -0.2) is 19.7 Å². The summed E-state index contributed by atoms with van der Waals surface area (Å²) in [6.45, 7) is 2.10. The average Bonchev–Trinajstić information content (AvgIpc) is 3.46. The Kier molecular flexibility index (Phi) is 4.95. The minimum atomic E-state index is 0.777. The van der Waals surface area contributed by atoms with Gasteiger partial charge in [0.2, 0.25) is 0 Å². The molecule has 0 aliphatic carbocycles. The van der Waals surface area contributed by atoms with E-state index >= 15 is 0 Å². The zero-order valence-corrected chi connectivity index (χ0v) is 18.4. The molecule has 0 aliphatic rings. The molecule has 144 valence electrons. The number of aromatic nitrogens is 4. The van der Waals surface area contributed by atoms with Crippen LogP contribution < -0.4 is 0 Å². The van der Waals surface area contributed by atoms with Crippen molar-refractivity contribution in [3.8, 4) is 22.0 Å². The van der Waals surface area contributed by atoms with Gasteiger partial charge < -0.3 is 4.57 Å². The Hall–Kier alpha value is -2.48. The lowest BCUT2D eigenvalue weighted by molar-refractivity contribution is 0.794. The van der Waals surface area contributed by atoms with E-state index < -0.39 is 0 Å². The summed E-state index contributed by atoms with van der Waals surface area (Å²) in [4.78, 5) is 4.79. The summed E-state index contributed by atoms with van der Waals surface area (Å²) >= 11 is 5.10. The zero-order chi connectivity index (χ0) is 19.8. The number of aryl methyl sites for hydroxylation is 1. The quantitative estimate of drug-likeness (QED) is 0.299. The molecule has 2 aromatic carbocycles. The van der Waals surface area contributed by atoms with E-state index in [1.165, 1.54) is 21.2 Å². The Morgan fingerprint density at radius 2 is 1.79 bits per heavy atom. The Morgan fingerprint density at radius 1 is 0.966 bits per heavy atom. The molecule has 5 aromatic rings. The normalized spacial score (nSPS) is 11.4. The largest absolute Gasteiger partial charge is 0.305 e. The summed E-state index contributed by atoms with van der Waals surface area (Å²) in [6, 6.07) is 16.9. The number of thioether (sulfide) groups is 1. The van der Waals surface area contributed by atoms with E-state index in [9.17, 15) is 0 Å². The average molecular weight is 435 g/mol. The zero-order valence-electron chi connectivity index (χ0n) is 16.0. The molecule has 0 saturated heterocycles. The third kappa shape index (κ3) is 3.61. The monoisotopic (exact) mass is 434 g/mol. The van der Waals surface area contributed by atoms with Gasteiger partial charge in [-0.25, -0.2) is 4.98 Å². The molecule has 0 saturated carbocycles. The molecular weight excluding hydrogens is 416 g/mol. The third-order valence-electron chi connectivity index (χ3n) is 4.76. The molecule has 0 spiro atoms. The molecule has 0 unspecified atom stereocenters. The van der Waals surface area contributed by atoms with Crippen molar-refractivity contribution in [3.63, 3.8) is 0 Å². The standard InChI is InChI=1S/C22H18N4S3/c1-14-7-9-15(10-8-14)21-23-16(11-28-21)12-29-22-25-24-20(26(22)2)18-13-27-19-6-4-3-5-17(18)19/h3-11,13H,12H2,1-2H3. The van der Waals surface area contributed by atoms with Crippen LogP contribution in [-0.2, 0) is 12.8 Å². The Morgan fingerprint density at radius 3 is 2.66 bits per heavy atom. The summed E-state index contributed by atoms with van der Waals surface area (Å²) in [5.74, 6) is 1.68. The first-order valence-corrected chi connectivity index (χ1v) is 11.9. The van der Waals surface area contributed by atoms with Crippen molar-refractivity contribution in [2.75, 3.05) is 0 Å². The summed E-state index contributed by atoms with van der Waals surface area (Å²) in [6.07, 6.45) is 0. The molecule has 7 heteroatoms. The Bertz CT molecular complexity index is 1280. The van der Waals surface area contributed by atoms with E-state index in [2.05, 4.69) is 81.0 Å². The first-order valence-electron chi connectivity index (χ1n) is 9.19. The maximum atomic E-state index is 4.79. The fourth-order valence-electron chi connectivity index (χ4n) is 3.17. The van der Waals surface area contributed by atoms with Crippen LogP contribution in [0.4, 0.5) is 0 Å². The molecular formula is C22H18N4S3. The van der Waals surface area contributed by atoms with Gasteiger partial charge in [0.25, 0.3) is 0 Å². The van der Waals surface area contributed by atoms with Crippen molar-refractivity contribution >= 4 is 44.5 Å². The van der Waals surface area contributed by atoms with E-state index in [0.717, 1.165) is 33.0 Å². The van der Waals surface area contributed by atoms with E-state index in [-0.39, 0.29) is 0 Å². The van der Waals surface area contributed by atoms with Crippen molar-refractivity contribution in [1.82, 2.24) is 19.7 Å². The molecule has 29 heavy (non-hydrogen) atoms. The highest BCUT2D eigenvalue weighted by Crippen LogP contribution is 2.34. The fourth-order valence-corrected chi connectivity index (χ4v) is 5.84. The van der Waals surface area contributed by atoms with Gasteiger partial charge in [0, 0.05) is 44.8 Å². The number of hydrogen-bond acceptors (Lipinski definition) is 6. The predicted octanol–water partition coefficient (Wildman–Crippen LogP) is 6.42. The minimum absolute atomic E-state index is 0.777. The first kappa shape index (κ1) is 18.5. The lowest BCUT2D eigenvalue weighted by Gasteiger charge is -2.02. The van der Waals surface area contributed by atoms with Crippen molar-refractivity contribution in [1.29, 1.82) is 0 Å². The number of rotatable bonds is 5. The minimum Gasteiger partial charge on any atom is -0.305 e. The molecule has 0 bridgehead atoms. The summed E-state index contributed by atoms with van der Waals surface area (Å²) in [7, 11) is 2.03. The van der Waals surface area contributed by atoms with E-state index in [4.69, 9.17) is 4.98 Å². The van der Waals surface area contributed by atoms with Crippen LogP contribution in [0.1, 0.15) is 11.3 Å². The maximum Gasteiger partial charge on any atom is 0.191 e. The second-order valence-corrected chi connectivity index (χ2v) is 9.52. The van der Waals surface area contributed by atoms with Gasteiger partial charge in [0.15, 0.2) is 11.0 Å². The molecule has 4 nitrogen and oxygen atoms in total. The molecule has 0 amide bonds. The third-order valence-corrected chi connectivity index (χ3v) is 7.71. The molecule has 0 N–H and O–H groups in total. The molecule has 3 heterocycles. The highest BCUT2D eigenvalue weighted by Gasteiger charge is 2.15. The number of hydrogen-bond donors (Lipinski definition) is 0. The molecule has 0 radical (unpaired) electrons. The lowest BCUT2D eigenvalue weighted by atomic mass is 10.2. The summed E-state index contributed by atoms with van der Waals surface area (Å²) in [5.41, 5.74) is 4.64. The summed E-state index contributed by atoms with van der Waals surface area (Å²) < 4.78 is 3.35. The fraction of sp³-hybridized carbons (Fsp3) is 0.136. The highest BCUT2D eigenvalue weighted by atomic mass is 32.2. The Labute approximate surface area is 181 Å². The molecule has 5 rings (SSSR count). The molecule has 0 atom stereocenters. The van der Waals surface area contributed by atoms with Crippen LogP contribution in [0.15, 0.2) is 64.4 Å². The van der Waals surface area contributed by atoms with Gasteiger partial charge in [0.05, 0.1) is 5.69 Å². The van der Waals surface area contributed by atoms with Gasteiger partial charge in [-0.2, -0.15) is 0 Å². The Balaban J connectivity index is 1.34. The number of thiazole rings is 1. The van der Waals surface area contributed by atoms with Crippen LogP contribution in [0.5, 0.6) is 0 Å². The van der Waals surface area contributed by atoms with Crippen LogP contribution >= 0.6 is 34.4 Å². The molecule has 0 aliphatic heterocycles. The van der Waals surface area contributed by atoms with Crippen LogP contribution in [0.2, 0.25) is 0 Å². The topological polar surface area (TPSA) is 43.6 Å². The summed E-state index contributed by atoms with van der Waals surface area (Å²) in [5, 5.41) is 16.4.